The van der Waals surface area contributed by atoms with Gasteiger partial charge in [-0.15, -0.1) is 0 Å². The molecule has 1 aliphatic carbocycles. The molecule has 2 amide bonds. The molecule has 0 aromatic carbocycles. The zero-order valence-electron chi connectivity index (χ0n) is 12.6. The van der Waals surface area contributed by atoms with Gasteiger partial charge in [0.05, 0.1) is 25.3 Å². The van der Waals surface area contributed by atoms with E-state index in [0.717, 1.165) is 18.7 Å². The van der Waals surface area contributed by atoms with Gasteiger partial charge in [0.25, 0.3) is 0 Å². The first-order valence-corrected chi connectivity index (χ1v) is 7.32. The number of carbonyl (C=O) groups is 2. The van der Waals surface area contributed by atoms with Gasteiger partial charge >= 0.3 is 0 Å². The zero-order chi connectivity index (χ0) is 15.2. The number of likely N-dealkylation sites (N-methyl/N-ethyl adjacent to an activating group) is 2. The molecule has 0 spiro atoms. The molecular weight excluding hydrogens is 270 g/mol. The molecule has 1 aromatic rings. The molecule has 0 saturated heterocycles. The molecular formula is C14H23N5O2. The molecule has 7 heteroatoms. The fourth-order valence-electron chi connectivity index (χ4n) is 2.66. The Kier molecular flexibility index (Phi) is 5.32. The lowest BCUT2D eigenvalue weighted by Crippen LogP contribution is -2.38. The Morgan fingerprint density at radius 2 is 2.00 bits per heavy atom. The summed E-state index contributed by atoms with van der Waals surface area (Å²) in [6, 6.07) is 2.20. The number of rotatable bonds is 6. The zero-order valence-corrected chi connectivity index (χ0v) is 12.6. The van der Waals surface area contributed by atoms with E-state index >= 15 is 0 Å². The van der Waals surface area contributed by atoms with Gasteiger partial charge in [-0.05, 0) is 19.9 Å². The van der Waals surface area contributed by atoms with Crippen LogP contribution in [-0.2, 0) is 9.59 Å². The highest BCUT2D eigenvalue weighted by atomic mass is 16.2. The molecule has 21 heavy (non-hydrogen) atoms. The lowest BCUT2D eigenvalue weighted by molar-refractivity contribution is -0.122. The van der Waals surface area contributed by atoms with Crippen molar-refractivity contribution >= 4 is 17.6 Å². The summed E-state index contributed by atoms with van der Waals surface area (Å²) in [7, 11) is 3.32. The molecule has 116 valence electrons. The minimum Gasteiger partial charge on any atom is -0.358 e. The highest BCUT2D eigenvalue weighted by Crippen LogP contribution is 2.31. The second-order valence-electron chi connectivity index (χ2n) is 5.49. The summed E-state index contributed by atoms with van der Waals surface area (Å²) in [6.07, 6.45) is 6.37. The number of carbonyl (C=O) groups excluding carboxylic acids is 2. The predicted octanol–water partition coefficient (Wildman–Crippen LogP) is 0.615. The summed E-state index contributed by atoms with van der Waals surface area (Å²) in [5.74, 6) is 0.489. The van der Waals surface area contributed by atoms with E-state index in [1.165, 1.54) is 12.8 Å². The van der Waals surface area contributed by atoms with Crippen LogP contribution in [0, 0.1) is 0 Å². The lowest BCUT2D eigenvalue weighted by Gasteiger charge is -2.17. The Labute approximate surface area is 124 Å². The van der Waals surface area contributed by atoms with Crippen molar-refractivity contribution in [3.05, 3.63) is 12.3 Å². The minimum absolute atomic E-state index is 0.110. The van der Waals surface area contributed by atoms with Crippen LogP contribution in [0.15, 0.2) is 12.3 Å². The minimum atomic E-state index is -0.138. The summed E-state index contributed by atoms with van der Waals surface area (Å²) in [5.41, 5.74) is 0. The van der Waals surface area contributed by atoms with Crippen molar-refractivity contribution in [2.75, 3.05) is 32.5 Å². The third-order valence-electron chi connectivity index (χ3n) is 3.71. The van der Waals surface area contributed by atoms with E-state index in [2.05, 4.69) is 15.7 Å². The maximum absolute atomic E-state index is 12.0. The van der Waals surface area contributed by atoms with Crippen LogP contribution in [-0.4, -0.2) is 53.7 Å². The number of hydrogen-bond acceptors (Lipinski definition) is 4. The molecule has 1 fully saturated rings. The first kappa shape index (κ1) is 15.5. The first-order chi connectivity index (χ1) is 10.1. The van der Waals surface area contributed by atoms with Crippen molar-refractivity contribution in [3.63, 3.8) is 0 Å². The van der Waals surface area contributed by atoms with Crippen LogP contribution in [0.2, 0.25) is 0 Å². The van der Waals surface area contributed by atoms with Gasteiger partial charge in [0.15, 0.2) is 0 Å². The van der Waals surface area contributed by atoms with Crippen LogP contribution in [0.25, 0.3) is 0 Å². The van der Waals surface area contributed by atoms with Gasteiger partial charge in [0, 0.05) is 13.1 Å². The fourth-order valence-corrected chi connectivity index (χ4v) is 2.66. The number of anilines is 1. The van der Waals surface area contributed by atoms with Gasteiger partial charge in [-0.1, -0.05) is 12.8 Å². The van der Waals surface area contributed by atoms with E-state index in [4.69, 9.17) is 0 Å². The first-order valence-electron chi connectivity index (χ1n) is 7.32. The van der Waals surface area contributed by atoms with Gasteiger partial charge in [0.1, 0.15) is 5.82 Å². The van der Waals surface area contributed by atoms with Crippen molar-refractivity contribution < 1.29 is 9.59 Å². The van der Waals surface area contributed by atoms with Crippen molar-refractivity contribution in [3.8, 4) is 0 Å². The van der Waals surface area contributed by atoms with Gasteiger partial charge in [0.2, 0.25) is 11.8 Å². The molecule has 1 heterocycles. The molecule has 1 aliphatic rings. The Balaban J connectivity index is 1.88. The Morgan fingerprint density at radius 1 is 1.33 bits per heavy atom. The van der Waals surface area contributed by atoms with Gasteiger partial charge in [-0.25, -0.2) is 4.68 Å². The van der Waals surface area contributed by atoms with Crippen LogP contribution >= 0.6 is 0 Å². The summed E-state index contributed by atoms with van der Waals surface area (Å²) < 4.78 is 1.91. The number of hydrogen-bond donors (Lipinski definition) is 2. The number of amides is 2. The second-order valence-corrected chi connectivity index (χ2v) is 5.49. The van der Waals surface area contributed by atoms with E-state index in [1.807, 2.05) is 10.7 Å². The van der Waals surface area contributed by atoms with Crippen molar-refractivity contribution in [2.24, 2.45) is 0 Å². The predicted molar refractivity (Wildman–Crippen MR) is 79.9 cm³/mol. The van der Waals surface area contributed by atoms with Crippen LogP contribution in [0.4, 0.5) is 5.82 Å². The van der Waals surface area contributed by atoms with E-state index in [1.54, 1.807) is 25.2 Å². The molecule has 1 aromatic heterocycles. The smallest absolute Gasteiger partial charge is 0.239 e. The molecule has 0 bridgehead atoms. The standard InChI is InChI=1S/C14H23N5O2/c1-15-13(20)9-18(2)10-14(21)17-12-7-8-16-19(12)11-5-3-4-6-11/h7-8,11H,3-6,9-10H2,1-2H3,(H,15,20)(H,17,21). The largest absolute Gasteiger partial charge is 0.358 e. The van der Waals surface area contributed by atoms with E-state index in [-0.39, 0.29) is 24.9 Å². The number of aromatic nitrogens is 2. The molecule has 2 rings (SSSR count). The molecule has 0 aliphatic heterocycles. The average Bonchev–Trinajstić information content (AvgIpc) is 3.08. The quantitative estimate of drug-likeness (QED) is 0.805. The molecule has 0 atom stereocenters. The molecule has 0 unspecified atom stereocenters. The fraction of sp³-hybridized carbons (Fsp3) is 0.643. The molecule has 1 saturated carbocycles. The summed E-state index contributed by atoms with van der Waals surface area (Å²) in [4.78, 5) is 25.0. The van der Waals surface area contributed by atoms with E-state index < -0.39 is 0 Å². The van der Waals surface area contributed by atoms with E-state index in [0.29, 0.717) is 6.04 Å². The second kappa shape index (κ2) is 7.21. The van der Waals surface area contributed by atoms with Crippen LogP contribution in [0.3, 0.4) is 0 Å². The number of nitrogens with one attached hydrogen (secondary N) is 2. The summed E-state index contributed by atoms with van der Waals surface area (Å²) in [6.45, 7) is 0.370. The summed E-state index contributed by atoms with van der Waals surface area (Å²) in [5, 5.41) is 9.73. The average molecular weight is 293 g/mol. The topological polar surface area (TPSA) is 79.3 Å². The van der Waals surface area contributed by atoms with Gasteiger partial charge < -0.3 is 10.6 Å². The molecule has 7 nitrogen and oxygen atoms in total. The van der Waals surface area contributed by atoms with E-state index in [9.17, 15) is 9.59 Å². The third-order valence-corrected chi connectivity index (χ3v) is 3.71. The van der Waals surface area contributed by atoms with Crippen LogP contribution in [0.5, 0.6) is 0 Å². The maximum Gasteiger partial charge on any atom is 0.239 e. The SMILES string of the molecule is CNC(=O)CN(C)CC(=O)Nc1ccnn1C1CCCC1. The van der Waals surface area contributed by atoms with Gasteiger partial charge in [-0.3, -0.25) is 14.5 Å². The molecule has 0 radical (unpaired) electrons. The maximum atomic E-state index is 12.0. The monoisotopic (exact) mass is 293 g/mol. The third kappa shape index (κ3) is 4.29. The molecule has 2 N–H and O–H groups in total. The Hall–Kier alpha value is -1.89. The van der Waals surface area contributed by atoms with Crippen molar-refractivity contribution in [1.82, 2.24) is 20.0 Å². The number of nitrogens with zero attached hydrogens (tertiary/aromatic N) is 3. The van der Waals surface area contributed by atoms with Crippen LogP contribution < -0.4 is 10.6 Å². The highest BCUT2D eigenvalue weighted by molar-refractivity contribution is 5.91. The Morgan fingerprint density at radius 3 is 2.67 bits per heavy atom. The van der Waals surface area contributed by atoms with Gasteiger partial charge in [-0.2, -0.15) is 5.10 Å². The van der Waals surface area contributed by atoms with Crippen molar-refractivity contribution in [1.29, 1.82) is 0 Å². The highest BCUT2D eigenvalue weighted by Gasteiger charge is 2.20. The normalized spacial score (nSPS) is 15.4. The van der Waals surface area contributed by atoms with Crippen molar-refractivity contribution in [2.45, 2.75) is 31.7 Å². The summed E-state index contributed by atoms with van der Waals surface area (Å²) >= 11 is 0. The van der Waals surface area contributed by atoms with Crippen LogP contribution in [0.1, 0.15) is 31.7 Å². The lowest BCUT2D eigenvalue weighted by atomic mass is 10.2. The Bertz CT molecular complexity index is 493.